The molecule has 3 aliphatic rings. The number of thioether (sulfide) groups is 1. The maximum Gasteiger partial charge on any atom is 0.409 e. The number of carbonyl (C=O) groups is 2. The van der Waals surface area contributed by atoms with Crippen LogP contribution in [0, 0.1) is 6.92 Å². The molecule has 6 rings (SSSR count). The first-order valence-electron chi connectivity index (χ1n) is 13.2. The van der Waals surface area contributed by atoms with Gasteiger partial charge in [0.1, 0.15) is 15.8 Å². The summed E-state index contributed by atoms with van der Waals surface area (Å²) in [5, 5.41) is 0. The van der Waals surface area contributed by atoms with E-state index in [0.717, 1.165) is 22.9 Å². The Morgan fingerprint density at radius 2 is 1.90 bits per heavy atom. The van der Waals surface area contributed by atoms with Crippen LogP contribution in [-0.2, 0) is 16.1 Å². The van der Waals surface area contributed by atoms with E-state index in [9.17, 15) is 14.4 Å². The van der Waals surface area contributed by atoms with Crippen LogP contribution in [0.2, 0.25) is 0 Å². The second kappa shape index (κ2) is 11.1. The van der Waals surface area contributed by atoms with Gasteiger partial charge in [-0.2, -0.15) is 0 Å². The third-order valence-electron chi connectivity index (χ3n) is 7.02. The van der Waals surface area contributed by atoms with E-state index in [2.05, 4.69) is 0 Å². The van der Waals surface area contributed by atoms with Crippen molar-refractivity contribution in [1.82, 2.24) is 19.2 Å². The van der Waals surface area contributed by atoms with Gasteiger partial charge in [-0.25, -0.2) is 9.78 Å². The number of aryl methyl sites for hydroxylation is 1. The molecule has 2 fully saturated rings. The molecule has 2 saturated heterocycles. The quantitative estimate of drug-likeness (QED) is 0.323. The van der Waals surface area contributed by atoms with E-state index in [1.165, 1.54) is 9.30 Å². The number of anilines is 1. The van der Waals surface area contributed by atoms with Gasteiger partial charge in [0.05, 0.1) is 23.6 Å². The molecule has 0 aliphatic carbocycles. The summed E-state index contributed by atoms with van der Waals surface area (Å²) >= 11 is 6.72. The normalized spacial score (nSPS) is 17.7. The number of rotatable bonds is 5. The molecule has 13 heteroatoms. The van der Waals surface area contributed by atoms with E-state index >= 15 is 0 Å². The predicted molar refractivity (Wildman–Crippen MR) is 158 cm³/mol. The zero-order chi connectivity index (χ0) is 28.7. The van der Waals surface area contributed by atoms with E-state index < -0.39 is 0 Å². The molecule has 3 aromatic rings. The first-order chi connectivity index (χ1) is 19.8. The van der Waals surface area contributed by atoms with E-state index in [4.69, 9.17) is 31.4 Å². The van der Waals surface area contributed by atoms with Gasteiger partial charge in [-0.1, -0.05) is 36.1 Å². The SMILES string of the molecule is CCOC(=O)N1CCN(c2nc3ccc(C)cn3c(=O)c2C=C2SC(=S)N(Cc3ccc4c(c3)OCO4)C2=O)CC1. The molecular formula is C28H27N5O6S2. The smallest absolute Gasteiger partial charge is 0.409 e. The second-order valence-corrected chi connectivity index (χ2v) is 11.4. The molecule has 0 atom stereocenters. The number of hydrogen-bond donors (Lipinski definition) is 0. The largest absolute Gasteiger partial charge is 0.454 e. The lowest BCUT2D eigenvalue weighted by Crippen LogP contribution is -2.49. The molecule has 5 heterocycles. The summed E-state index contributed by atoms with van der Waals surface area (Å²) in [5.41, 5.74) is 2.24. The maximum absolute atomic E-state index is 13.8. The Labute approximate surface area is 245 Å². The third-order valence-corrected chi connectivity index (χ3v) is 8.40. The minimum atomic E-state index is -0.361. The van der Waals surface area contributed by atoms with E-state index in [0.29, 0.717) is 70.5 Å². The molecule has 0 radical (unpaired) electrons. The fraction of sp³-hybridized carbons (Fsp3) is 0.321. The summed E-state index contributed by atoms with van der Waals surface area (Å²) in [7, 11) is 0. The highest BCUT2D eigenvalue weighted by molar-refractivity contribution is 8.26. The van der Waals surface area contributed by atoms with Gasteiger partial charge in [-0.3, -0.25) is 18.9 Å². The first kappa shape index (κ1) is 27.1. The van der Waals surface area contributed by atoms with Crippen molar-refractivity contribution in [3.05, 3.63) is 68.5 Å². The van der Waals surface area contributed by atoms with Crippen molar-refractivity contribution < 1.29 is 23.8 Å². The van der Waals surface area contributed by atoms with Crippen LogP contribution in [0.3, 0.4) is 0 Å². The predicted octanol–water partition coefficient (Wildman–Crippen LogP) is 3.41. The number of aromatic nitrogens is 2. The molecule has 0 spiro atoms. The lowest BCUT2D eigenvalue weighted by Gasteiger charge is -2.35. The maximum atomic E-state index is 13.8. The van der Waals surface area contributed by atoms with E-state index in [-0.39, 0.29) is 30.9 Å². The summed E-state index contributed by atoms with van der Waals surface area (Å²) in [6, 6.07) is 9.20. The zero-order valence-electron chi connectivity index (χ0n) is 22.5. The summed E-state index contributed by atoms with van der Waals surface area (Å²) in [5.74, 6) is 1.46. The number of carbonyl (C=O) groups excluding carboxylic acids is 2. The molecule has 2 amide bonds. The molecule has 0 unspecified atom stereocenters. The van der Waals surface area contributed by atoms with Crippen molar-refractivity contribution in [2.45, 2.75) is 20.4 Å². The number of hydrogen-bond acceptors (Lipinski definition) is 10. The van der Waals surface area contributed by atoms with Crippen LogP contribution >= 0.6 is 24.0 Å². The highest BCUT2D eigenvalue weighted by atomic mass is 32.2. The van der Waals surface area contributed by atoms with Gasteiger partial charge in [0, 0.05) is 32.4 Å². The van der Waals surface area contributed by atoms with Crippen LogP contribution in [0.15, 0.2) is 46.2 Å². The molecule has 41 heavy (non-hydrogen) atoms. The number of fused-ring (bicyclic) bond motifs is 2. The molecule has 0 bridgehead atoms. The van der Waals surface area contributed by atoms with Crippen LogP contribution in [0.5, 0.6) is 11.5 Å². The lowest BCUT2D eigenvalue weighted by molar-refractivity contribution is -0.122. The Morgan fingerprint density at radius 1 is 1.12 bits per heavy atom. The van der Waals surface area contributed by atoms with E-state index in [1.54, 1.807) is 30.2 Å². The van der Waals surface area contributed by atoms with Gasteiger partial charge in [0.25, 0.3) is 11.5 Å². The van der Waals surface area contributed by atoms with Crippen molar-refractivity contribution in [2.75, 3.05) is 44.5 Å². The van der Waals surface area contributed by atoms with E-state index in [1.807, 2.05) is 36.1 Å². The first-order valence-corrected chi connectivity index (χ1v) is 14.4. The van der Waals surface area contributed by atoms with Crippen molar-refractivity contribution >= 4 is 57.8 Å². The Morgan fingerprint density at radius 3 is 2.68 bits per heavy atom. The monoisotopic (exact) mass is 593 g/mol. The van der Waals surface area contributed by atoms with Crippen LogP contribution in [0.4, 0.5) is 10.6 Å². The molecule has 11 nitrogen and oxygen atoms in total. The van der Waals surface area contributed by atoms with Crippen LogP contribution < -0.4 is 19.9 Å². The van der Waals surface area contributed by atoms with Gasteiger partial charge in [-0.05, 0) is 49.2 Å². The summed E-state index contributed by atoms with van der Waals surface area (Å²) < 4.78 is 17.9. The molecule has 2 aromatic heterocycles. The van der Waals surface area contributed by atoms with Crippen molar-refractivity contribution in [3.63, 3.8) is 0 Å². The average molecular weight is 594 g/mol. The highest BCUT2D eigenvalue weighted by Gasteiger charge is 2.34. The highest BCUT2D eigenvalue weighted by Crippen LogP contribution is 2.37. The standard InChI is InChI=1S/C28H27N5O6S2/c1-3-37-27(36)31-10-8-30(9-11-31)24-19(25(34)32-14-17(2)4-7-23(32)29-24)13-22-26(35)33(28(40)41-22)15-18-5-6-20-21(12-18)39-16-38-20/h4-7,12-14H,3,8-11,15-16H2,1-2H3. The lowest BCUT2D eigenvalue weighted by atomic mass is 10.2. The fourth-order valence-electron chi connectivity index (χ4n) is 4.92. The van der Waals surface area contributed by atoms with Gasteiger partial charge < -0.3 is 24.0 Å². The fourth-order valence-corrected chi connectivity index (χ4v) is 6.16. The Bertz CT molecular complexity index is 1660. The Hall–Kier alpha value is -4.10. The molecule has 3 aliphatic heterocycles. The molecule has 1 aromatic carbocycles. The summed E-state index contributed by atoms with van der Waals surface area (Å²) in [6.07, 6.45) is 2.96. The van der Waals surface area contributed by atoms with Gasteiger partial charge in [0.2, 0.25) is 6.79 Å². The number of piperazine rings is 1. The number of benzene rings is 1. The summed E-state index contributed by atoms with van der Waals surface area (Å²) in [6.45, 7) is 6.15. The minimum Gasteiger partial charge on any atom is -0.454 e. The number of pyridine rings is 1. The Kier molecular flexibility index (Phi) is 7.30. The Balaban J connectivity index is 1.33. The zero-order valence-corrected chi connectivity index (χ0v) is 24.1. The van der Waals surface area contributed by atoms with Crippen LogP contribution in [0.1, 0.15) is 23.6 Å². The van der Waals surface area contributed by atoms with Crippen molar-refractivity contribution in [2.24, 2.45) is 0 Å². The van der Waals surface area contributed by atoms with Crippen molar-refractivity contribution in [3.8, 4) is 11.5 Å². The van der Waals surface area contributed by atoms with Crippen LogP contribution in [0.25, 0.3) is 11.7 Å². The number of thiocarbonyl (C=S) groups is 1. The van der Waals surface area contributed by atoms with Gasteiger partial charge in [-0.15, -0.1) is 0 Å². The summed E-state index contributed by atoms with van der Waals surface area (Å²) in [4.78, 5) is 49.9. The van der Waals surface area contributed by atoms with Gasteiger partial charge in [0.15, 0.2) is 11.5 Å². The van der Waals surface area contributed by atoms with Crippen molar-refractivity contribution in [1.29, 1.82) is 0 Å². The number of nitrogens with zero attached hydrogens (tertiary/aromatic N) is 5. The number of ether oxygens (including phenoxy) is 3. The molecule has 0 N–H and O–H groups in total. The number of amides is 2. The topological polar surface area (TPSA) is 106 Å². The van der Waals surface area contributed by atoms with Crippen LogP contribution in [-0.4, -0.2) is 75.1 Å². The minimum absolute atomic E-state index is 0.164. The van der Waals surface area contributed by atoms with Gasteiger partial charge >= 0.3 is 6.09 Å². The average Bonchev–Trinajstić information content (AvgIpc) is 3.54. The molecule has 0 saturated carbocycles. The molecular weight excluding hydrogens is 566 g/mol. The molecule has 212 valence electrons. The third kappa shape index (κ3) is 5.22. The second-order valence-electron chi connectivity index (χ2n) is 9.72.